The number of piperidine rings is 1. The van der Waals surface area contributed by atoms with Gasteiger partial charge in [0.05, 0.1) is 12.1 Å². The minimum Gasteiger partial charge on any atom is -0.477 e. The molecule has 7 rings (SSSR count). The van der Waals surface area contributed by atoms with Crippen molar-refractivity contribution < 1.29 is 28.5 Å². The molecular formula is C32H41N3O6. The third-order valence-electron chi connectivity index (χ3n) is 8.84. The molecule has 1 N–H and O–H groups in total. The molecule has 0 spiro atoms. The zero-order valence-corrected chi connectivity index (χ0v) is 24.6. The zero-order chi connectivity index (χ0) is 29.0. The summed E-state index contributed by atoms with van der Waals surface area (Å²) in [6, 6.07) is 13.3. The Hall–Kier alpha value is -3.49. The SMILES string of the molecule is CC(C)(C)OC(=O)N1CC2C(C1)C2Oc1cc(C(C)(C)NC(=O)OCc2ccccc2)cc(OCC23CC(C2)C3)n1. The lowest BCUT2D eigenvalue weighted by atomic mass is 9.45. The highest BCUT2D eigenvalue weighted by Gasteiger charge is 2.60. The van der Waals surface area contributed by atoms with Crippen molar-refractivity contribution in [3.63, 3.8) is 0 Å². The van der Waals surface area contributed by atoms with Gasteiger partial charge in [0, 0.05) is 42.5 Å². The molecule has 2 unspecified atom stereocenters. The van der Waals surface area contributed by atoms with Gasteiger partial charge < -0.3 is 29.2 Å². The quantitative estimate of drug-likeness (QED) is 0.420. The lowest BCUT2D eigenvalue weighted by Gasteiger charge is -2.61. The second-order valence-electron chi connectivity index (χ2n) is 13.9. The second kappa shape index (κ2) is 10.1. The van der Waals surface area contributed by atoms with Crippen molar-refractivity contribution in [1.82, 2.24) is 15.2 Å². The Morgan fingerprint density at radius 3 is 2.27 bits per heavy atom. The van der Waals surface area contributed by atoms with E-state index < -0.39 is 17.2 Å². The number of carbonyl (C=O) groups excluding carboxylic acids is 2. The van der Waals surface area contributed by atoms with Gasteiger partial charge in [-0.25, -0.2) is 9.59 Å². The topological polar surface area (TPSA) is 99.2 Å². The Bertz CT molecular complexity index is 1280. The fourth-order valence-electron chi connectivity index (χ4n) is 6.39. The summed E-state index contributed by atoms with van der Waals surface area (Å²) in [7, 11) is 0. The van der Waals surface area contributed by atoms with E-state index in [1.54, 1.807) is 4.90 Å². The highest BCUT2D eigenvalue weighted by atomic mass is 16.6. The smallest absolute Gasteiger partial charge is 0.410 e. The van der Waals surface area contributed by atoms with Gasteiger partial charge in [-0.05, 0) is 70.9 Å². The van der Waals surface area contributed by atoms with Crippen LogP contribution in [0.2, 0.25) is 0 Å². The molecule has 5 fully saturated rings. The number of ether oxygens (including phenoxy) is 4. The van der Waals surface area contributed by atoms with E-state index >= 15 is 0 Å². The van der Waals surface area contributed by atoms with Crippen LogP contribution in [0.5, 0.6) is 11.8 Å². The van der Waals surface area contributed by atoms with Crippen LogP contribution in [0.15, 0.2) is 42.5 Å². The van der Waals surface area contributed by atoms with E-state index in [0.29, 0.717) is 36.9 Å². The van der Waals surface area contributed by atoms with Crippen molar-refractivity contribution in [3.8, 4) is 11.8 Å². The molecule has 1 aromatic carbocycles. The van der Waals surface area contributed by atoms with Gasteiger partial charge in [-0.1, -0.05) is 30.3 Å². The third kappa shape index (κ3) is 6.09. The molecule has 2 atom stereocenters. The molecule has 0 radical (unpaired) electrons. The average Bonchev–Trinajstić information content (AvgIpc) is 3.27. The molecule has 1 saturated heterocycles. The fourth-order valence-corrected chi connectivity index (χ4v) is 6.39. The fraction of sp³-hybridized carbons (Fsp3) is 0.594. The summed E-state index contributed by atoms with van der Waals surface area (Å²) in [4.78, 5) is 31.7. The predicted molar refractivity (Wildman–Crippen MR) is 151 cm³/mol. The van der Waals surface area contributed by atoms with Crippen LogP contribution in [0.25, 0.3) is 0 Å². The summed E-state index contributed by atoms with van der Waals surface area (Å²) < 4.78 is 23.6. The molecule has 9 heteroatoms. The van der Waals surface area contributed by atoms with Crippen LogP contribution in [0.3, 0.4) is 0 Å². The molecule has 1 aromatic heterocycles. The molecule has 9 nitrogen and oxygen atoms in total. The first kappa shape index (κ1) is 27.7. The van der Waals surface area contributed by atoms with Gasteiger partial charge in [-0.3, -0.25) is 0 Å². The number of hydrogen-bond donors (Lipinski definition) is 1. The summed E-state index contributed by atoms with van der Waals surface area (Å²) >= 11 is 0. The molecular weight excluding hydrogens is 522 g/mol. The van der Waals surface area contributed by atoms with Crippen LogP contribution in [-0.2, 0) is 21.6 Å². The zero-order valence-electron chi connectivity index (χ0n) is 24.6. The van der Waals surface area contributed by atoms with E-state index in [1.165, 1.54) is 19.3 Å². The monoisotopic (exact) mass is 563 g/mol. The number of nitrogens with zero attached hydrogens (tertiary/aromatic N) is 2. The van der Waals surface area contributed by atoms with Crippen LogP contribution >= 0.6 is 0 Å². The van der Waals surface area contributed by atoms with Gasteiger partial charge in [0.25, 0.3) is 0 Å². The largest absolute Gasteiger partial charge is 0.477 e. The van der Waals surface area contributed by atoms with Gasteiger partial charge in [-0.15, -0.1) is 0 Å². The average molecular weight is 564 g/mol. The summed E-state index contributed by atoms with van der Waals surface area (Å²) in [6.07, 6.45) is 2.89. The molecule has 41 heavy (non-hydrogen) atoms. The van der Waals surface area contributed by atoms with Crippen molar-refractivity contribution >= 4 is 12.2 Å². The first-order valence-electron chi connectivity index (χ1n) is 14.7. The minimum atomic E-state index is -0.768. The minimum absolute atomic E-state index is 0.0196. The molecule has 220 valence electrons. The molecule has 2 amide bonds. The third-order valence-corrected chi connectivity index (χ3v) is 8.84. The Morgan fingerprint density at radius 2 is 1.66 bits per heavy atom. The van der Waals surface area contributed by atoms with Crippen LogP contribution < -0.4 is 14.8 Å². The Kier molecular flexibility index (Phi) is 6.82. The summed E-state index contributed by atoms with van der Waals surface area (Å²) in [5, 5.41) is 2.99. The maximum atomic E-state index is 12.7. The Morgan fingerprint density at radius 1 is 1.00 bits per heavy atom. The number of fused-ring (bicyclic) bond motifs is 1. The number of nitrogens with one attached hydrogen (secondary N) is 1. The summed E-state index contributed by atoms with van der Waals surface area (Å²) in [6.45, 7) is 11.5. The number of rotatable bonds is 9. The van der Waals surface area contributed by atoms with E-state index in [9.17, 15) is 9.59 Å². The first-order chi connectivity index (χ1) is 19.4. The number of carbonyl (C=O) groups is 2. The number of alkyl carbamates (subject to hydrolysis) is 1. The summed E-state index contributed by atoms with van der Waals surface area (Å²) in [5.41, 5.74) is 0.750. The van der Waals surface area contributed by atoms with Gasteiger partial charge in [0.2, 0.25) is 11.8 Å². The molecule has 2 aromatic rings. The van der Waals surface area contributed by atoms with Crippen molar-refractivity contribution in [2.24, 2.45) is 23.2 Å². The number of pyridine rings is 1. The maximum Gasteiger partial charge on any atom is 0.410 e. The lowest BCUT2D eigenvalue weighted by Crippen LogP contribution is -2.55. The number of aromatic nitrogens is 1. The van der Waals surface area contributed by atoms with Crippen molar-refractivity contribution in [2.45, 2.75) is 77.7 Å². The predicted octanol–water partition coefficient (Wildman–Crippen LogP) is 5.67. The van der Waals surface area contributed by atoms with E-state index in [-0.39, 0.29) is 30.6 Å². The van der Waals surface area contributed by atoms with E-state index in [1.807, 2.05) is 77.1 Å². The number of benzene rings is 1. The molecule has 2 heterocycles. The molecule has 2 bridgehead atoms. The number of hydrogen-bond acceptors (Lipinski definition) is 7. The van der Waals surface area contributed by atoms with Gasteiger partial charge in [0.1, 0.15) is 18.3 Å². The Balaban J connectivity index is 1.11. The lowest BCUT2D eigenvalue weighted by molar-refractivity contribution is -0.132. The first-order valence-corrected chi connectivity index (χ1v) is 14.7. The highest BCUT2D eigenvalue weighted by Crippen LogP contribution is 2.64. The molecule has 1 aliphatic heterocycles. The number of likely N-dealkylation sites (tertiary alicyclic amines) is 1. The van der Waals surface area contributed by atoms with E-state index in [2.05, 4.69) is 5.32 Å². The van der Waals surface area contributed by atoms with Crippen molar-refractivity contribution in [2.75, 3.05) is 19.7 Å². The van der Waals surface area contributed by atoms with E-state index in [4.69, 9.17) is 23.9 Å². The van der Waals surface area contributed by atoms with Crippen LogP contribution in [-0.4, -0.2) is 53.5 Å². The Labute approximate surface area is 241 Å². The van der Waals surface area contributed by atoms with Gasteiger partial charge >= 0.3 is 12.2 Å². The normalized spacial score (nSPS) is 27.6. The molecule has 4 aliphatic carbocycles. The van der Waals surface area contributed by atoms with Gasteiger partial charge in [-0.2, -0.15) is 4.98 Å². The van der Waals surface area contributed by atoms with Crippen molar-refractivity contribution in [1.29, 1.82) is 0 Å². The standard InChI is InChI=1S/C32H41N3O6/c1-30(2,3)41-29(37)35-16-23-24(17-35)27(23)40-26-12-22(11-25(33-26)39-19-32-13-21(14-32)15-32)31(4,5)34-28(36)38-18-20-9-7-6-8-10-20/h6-12,21,23-24,27H,13-19H2,1-5H3,(H,34,36). The highest BCUT2D eigenvalue weighted by molar-refractivity contribution is 5.69. The van der Waals surface area contributed by atoms with E-state index in [0.717, 1.165) is 17.0 Å². The molecule has 4 saturated carbocycles. The van der Waals surface area contributed by atoms with Crippen LogP contribution in [0, 0.1) is 23.2 Å². The maximum absolute atomic E-state index is 12.7. The number of amides is 2. The molecule has 5 aliphatic rings. The second-order valence-corrected chi connectivity index (χ2v) is 13.9. The van der Waals surface area contributed by atoms with Crippen LogP contribution in [0.4, 0.5) is 9.59 Å². The van der Waals surface area contributed by atoms with Crippen molar-refractivity contribution in [3.05, 3.63) is 53.6 Å². The summed E-state index contributed by atoms with van der Waals surface area (Å²) in [5.74, 6) is 2.33. The van der Waals surface area contributed by atoms with Gasteiger partial charge in [0.15, 0.2) is 0 Å². The van der Waals surface area contributed by atoms with Crippen LogP contribution in [0.1, 0.15) is 65.0 Å².